The lowest BCUT2D eigenvalue weighted by Crippen LogP contribution is -2.38. The number of carbonyl (C=O) groups is 1. The standard InChI is InChI=1S/C7H14N2O2.ClH/c1-8-7(10)6-3-5(11-2)4-9-6;/h5-6,9H,3-4H2,1-2H3,(H,8,10);1H/t5-,6+;/m0./s1. The zero-order chi connectivity index (χ0) is 8.27. The maximum atomic E-state index is 11.0. The maximum absolute atomic E-state index is 11.0. The Hall–Kier alpha value is -0.320. The van der Waals surface area contributed by atoms with Crippen molar-refractivity contribution in [3.05, 3.63) is 0 Å². The van der Waals surface area contributed by atoms with E-state index in [2.05, 4.69) is 10.6 Å². The third-order valence-corrected chi connectivity index (χ3v) is 1.99. The quantitative estimate of drug-likeness (QED) is 0.625. The highest BCUT2D eigenvalue weighted by Gasteiger charge is 2.28. The van der Waals surface area contributed by atoms with Crippen LogP contribution in [0.15, 0.2) is 0 Å². The van der Waals surface area contributed by atoms with Gasteiger partial charge in [-0.25, -0.2) is 0 Å². The number of halogens is 1. The molecule has 0 saturated carbocycles. The number of hydrogen-bond acceptors (Lipinski definition) is 3. The van der Waals surface area contributed by atoms with Gasteiger partial charge in [0.2, 0.25) is 5.91 Å². The predicted molar refractivity (Wildman–Crippen MR) is 48.5 cm³/mol. The summed E-state index contributed by atoms with van der Waals surface area (Å²) < 4.78 is 5.09. The van der Waals surface area contributed by atoms with Crippen molar-refractivity contribution in [3.63, 3.8) is 0 Å². The summed E-state index contributed by atoms with van der Waals surface area (Å²) in [6, 6.07) is -0.0649. The van der Waals surface area contributed by atoms with Crippen molar-refractivity contribution in [3.8, 4) is 0 Å². The molecule has 2 N–H and O–H groups in total. The summed E-state index contributed by atoms with van der Waals surface area (Å²) in [5, 5.41) is 5.67. The van der Waals surface area contributed by atoms with Crippen molar-refractivity contribution in [1.29, 1.82) is 0 Å². The molecule has 0 bridgehead atoms. The molecule has 1 aliphatic heterocycles. The SMILES string of the molecule is CNC(=O)[C@H]1C[C@H](OC)CN1.Cl. The van der Waals surface area contributed by atoms with Crippen LogP contribution in [0.3, 0.4) is 0 Å². The largest absolute Gasteiger partial charge is 0.380 e. The third kappa shape index (κ3) is 2.62. The average Bonchev–Trinajstić information content (AvgIpc) is 2.50. The van der Waals surface area contributed by atoms with E-state index in [9.17, 15) is 4.79 Å². The number of likely N-dealkylation sites (N-methyl/N-ethyl adjacent to an activating group) is 1. The van der Waals surface area contributed by atoms with Crippen molar-refractivity contribution in [1.82, 2.24) is 10.6 Å². The molecule has 1 saturated heterocycles. The predicted octanol–water partition coefficient (Wildman–Crippen LogP) is -0.469. The monoisotopic (exact) mass is 194 g/mol. The van der Waals surface area contributed by atoms with E-state index in [1.54, 1.807) is 14.2 Å². The van der Waals surface area contributed by atoms with Gasteiger partial charge in [-0.3, -0.25) is 4.79 Å². The summed E-state index contributed by atoms with van der Waals surface area (Å²) >= 11 is 0. The maximum Gasteiger partial charge on any atom is 0.236 e. The Kier molecular flexibility index (Phi) is 5.20. The summed E-state index contributed by atoms with van der Waals surface area (Å²) in [6.45, 7) is 0.772. The minimum Gasteiger partial charge on any atom is -0.380 e. The molecule has 1 fully saturated rings. The fourth-order valence-electron chi connectivity index (χ4n) is 1.26. The van der Waals surface area contributed by atoms with E-state index in [4.69, 9.17) is 4.74 Å². The number of amides is 1. The van der Waals surface area contributed by atoms with Crippen molar-refractivity contribution < 1.29 is 9.53 Å². The van der Waals surface area contributed by atoms with E-state index in [0.29, 0.717) is 0 Å². The molecule has 0 radical (unpaired) electrons. The fraction of sp³-hybridized carbons (Fsp3) is 0.857. The van der Waals surface area contributed by atoms with Crippen molar-refractivity contribution in [2.45, 2.75) is 18.6 Å². The second kappa shape index (κ2) is 5.35. The number of nitrogens with one attached hydrogen (secondary N) is 2. The van der Waals surface area contributed by atoms with Gasteiger partial charge < -0.3 is 15.4 Å². The van der Waals surface area contributed by atoms with E-state index in [1.807, 2.05) is 0 Å². The van der Waals surface area contributed by atoms with E-state index in [-0.39, 0.29) is 30.5 Å². The van der Waals surface area contributed by atoms with Crippen LogP contribution in [0.4, 0.5) is 0 Å². The van der Waals surface area contributed by atoms with E-state index in [1.165, 1.54) is 0 Å². The molecule has 0 aromatic carbocycles. The van der Waals surface area contributed by atoms with Crippen LogP contribution >= 0.6 is 12.4 Å². The molecule has 12 heavy (non-hydrogen) atoms. The van der Waals surface area contributed by atoms with Crippen molar-refractivity contribution in [2.24, 2.45) is 0 Å². The Morgan fingerprint density at radius 3 is 2.75 bits per heavy atom. The summed E-state index contributed by atoms with van der Waals surface area (Å²) in [4.78, 5) is 11.0. The first-order valence-electron chi connectivity index (χ1n) is 3.75. The smallest absolute Gasteiger partial charge is 0.236 e. The van der Waals surface area contributed by atoms with Crippen LogP contribution < -0.4 is 10.6 Å². The third-order valence-electron chi connectivity index (χ3n) is 1.99. The van der Waals surface area contributed by atoms with Crippen LogP contribution in [-0.2, 0) is 9.53 Å². The van der Waals surface area contributed by atoms with Crippen LogP contribution in [0.25, 0.3) is 0 Å². The van der Waals surface area contributed by atoms with E-state index in [0.717, 1.165) is 13.0 Å². The van der Waals surface area contributed by atoms with Gasteiger partial charge in [0.25, 0.3) is 0 Å². The zero-order valence-corrected chi connectivity index (χ0v) is 8.11. The van der Waals surface area contributed by atoms with Gasteiger partial charge in [0.15, 0.2) is 0 Å². The Labute approximate surface area is 78.5 Å². The molecule has 1 heterocycles. The summed E-state index contributed by atoms with van der Waals surface area (Å²) in [7, 11) is 3.31. The summed E-state index contributed by atoms with van der Waals surface area (Å²) in [5.74, 6) is 0.0459. The van der Waals surface area contributed by atoms with Crippen LogP contribution in [0.1, 0.15) is 6.42 Å². The lowest BCUT2D eigenvalue weighted by Gasteiger charge is -2.07. The highest BCUT2D eigenvalue weighted by molar-refractivity contribution is 5.85. The second-order valence-corrected chi connectivity index (χ2v) is 2.67. The molecule has 0 aliphatic carbocycles. The minimum atomic E-state index is -0.0649. The van der Waals surface area contributed by atoms with Crippen LogP contribution in [0, 0.1) is 0 Å². The molecule has 1 rings (SSSR count). The van der Waals surface area contributed by atoms with Gasteiger partial charge in [0.05, 0.1) is 12.1 Å². The van der Waals surface area contributed by atoms with Crippen LogP contribution in [0.5, 0.6) is 0 Å². The number of carbonyl (C=O) groups excluding carboxylic acids is 1. The van der Waals surface area contributed by atoms with Gasteiger partial charge >= 0.3 is 0 Å². The second-order valence-electron chi connectivity index (χ2n) is 2.67. The minimum absolute atomic E-state index is 0. The first kappa shape index (κ1) is 11.7. The molecule has 0 aromatic heterocycles. The van der Waals surface area contributed by atoms with Gasteiger partial charge in [-0.1, -0.05) is 0 Å². The molecule has 4 nitrogen and oxygen atoms in total. The number of ether oxygens (including phenoxy) is 1. The Morgan fingerprint density at radius 2 is 2.33 bits per heavy atom. The highest BCUT2D eigenvalue weighted by atomic mass is 35.5. The number of hydrogen-bond donors (Lipinski definition) is 2. The van der Waals surface area contributed by atoms with Gasteiger partial charge in [-0.05, 0) is 6.42 Å². The molecule has 5 heteroatoms. The summed E-state index contributed by atoms with van der Waals surface area (Å²) in [5.41, 5.74) is 0. The van der Waals surface area contributed by atoms with Gasteiger partial charge in [0.1, 0.15) is 0 Å². The fourth-order valence-corrected chi connectivity index (χ4v) is 1.26. The molecule has 1 amide bonds. The molecule has 0 spiro atoms. The van der Waals surface area contributed by atoms with Crippen molar-refractivity contribution >= 4 is 18.3 Å². The molecular formula is C7H15ClN2O2. The van der Waals surface area contributed by atoms with Gasteiger partial charge in [0, 0.05) is 20.7 Å². The molecule has 1 aliphatic rings. The first-order chi connectivity index (χ1) is 5.27. The van der Waals surface area contributed by atoms with E-state index < -0.39 is 0 Å². The molecule has 0 aromatic rings. The molecule has 0 unspecified atom stereocenters. The summed E-state index contributed by atoms with van der Waals surface area (Å²) in [6.07, 6.45) is 0.966. The molecular weight excluding hydrogens is 180 g/mol. The average molecular weight is 195 g/mol. The lowest BCUT2D eigenvalue weighted by molar-refractivity contribution is -0.122. The zero-order valence-electron chi connectivity index (χ0n) is 7.29. The molecule has 2 atom stereocenters. The Bertz CT molecular complexity index is 154. The Morgan fingerprint density at radius 1 is 1.67 bits per heavy atom. The van der Waals surface area contributed by atoms with E-state index >= 15 is 0 Å². The topological polar surface area (TPSA) is 50.4 Å². The first-order valence-corrected chi connectivity index (χ1v) is 3.75. The number of rotatable bonds is 2. The van der Waals surface area contributed by atoms with Gasteiger partial charge in [-0.2, -0.15) is 0 Å². The van der Waals surface area contributed by atoms with Crippen LogP contribution in [-0.4, -0.2) is 38.8 Å². The normalized spacial score (nSPS) is 27.8. The molecule has 72 valence electrons. The van der Waals surface area contributed by atoms with Crippen molar-refractivity contribution in [2.75, 3.05) is 20.7 Å². The highest BCUT2D eigenvalue weighted by Crippen LogP contribution is 2.08. The van der Waals surface area contributed by atoms with Gasteiger partial charge in [-0.15, -0.1) is 12.4 Å². The Balaban J connectivity index is 0.00000121. The van der Waals surface area contributed by atoms with Crippen LogP contribution in [0.2, 0.25) is 0 Å². The number of methoxy groups -OCH3 is 1. The lowest BCUT2D eigenvalue weighted by atomic mass is 10.2.